The van der Waals surface area contributed by atoms with Crippen LogP contribution in [0.4, 0.5) is 0 Å². The lowest BCUT2D eigenvalue weighted by atomic mass is 9.72. The number of fused-ring (bicyclic) bond motifs is 3. The highest BCUT2D eigenvalue weighted by Gasteiger charge is 2.71. The van der Waals surface area contributed by atoms with Gasteiger partial charge in [0.05, 0.1) is 16.7 Å². The molecule has 1 fully saturated rings. The first-order chi connectivity index (χ1) is 14.0. The second-order valence-corrected chi connectivity index (χ2v) is 8.39. The number of nitriles is 1. The predicted molar refractivity (Wildman–Crippen MR) is 110 cm³/mol. The van der Waals surface area contributed by atoms with E-state index in [-0.39, 0.29) is 11.8 Å². The molecule has 1 N–H and O–H groups in total. The molecule has 2 heterocycles. The molecule has 0 saturated heterocycles. The van der Waals surface area contributed by atoms with Crippen molar-refractivity contribution in [2.24, 2.45) is 5.92 Å². The standard InChI is InChI=1S/C24H19ClN2O2/c1-15-12-23(28)22-20(11-19(25)14-27-22)29-24(23,18-9-7-16(13-26)8-10-18)21(15)17-5-3-2-4-6-17/h2-11,14-15,21,28H,12H2,1H3. The van der Waals surface area contributed by atoms with Gasteiger partial charge in [-0.25, -0.2) is 0 Å². The Labute approximate surface area is 174 Å². The second-order valence-electron chi connectivity index (χ2n) is 7.96. The Morgan fingerprint density at radius 3 is 2.59 bits per heavy atom. The van der Waals surface area contributed by atoms with Crippen LogP contribution in [0.2, 0.25) is 5.02 Å². The van der Waals surface area contributed by atoms with Crippen molar-refractivity contribution < 1.29 is 9.84 Å². The molecule has 2 aliphatic rings. The van der Waals surface area contributed by atoms with Crippen LogP contribution in [0.1, 0.15) is 41.6 Å². The van der Waals surface area contributed by atoms with Crippen LogP contribution in [0.15, 0.2) is 66.9 Å². The maximum absolute atomic E-state index is 12.1. The molecule has 1 aromatic heterocycles. The number of aliphatic hydroxyl groups is 1. The highest BCUT2D eigenvalue weighted by molar-refractivity contribution is 6.30. The molecule has 0 spiro atoms. The number of hydrogen-bond donors (Lipinski definition) is 1. The topological polar surface area (TPSA) is 66.1 Å². The molecule has 0 amide bonds. The zero-order valence-corrected chi connectivity index (χ0v) is 16.6. The van der Waals surface area contributed by atoms with E-state index < -0.39 is 11.2 Å². The Balaban J connectivity index is 1.79. The third-order valence-corrected chi connectivity index (χ3v) is 6.53. The predicted octanol–water partition coefficient (Wildman–Crippen LogP) is 4.91. The summed E-state index contributed by atoms with van der Waals surface area (Å²) in [5.41, 5.74) is 0.651. The Morgan fingerprint density at radius 1 is 1.17 bits per heavy atom. The summed E-state index contributed by atoms with van der Waals surface area (Å²) in [5, 5.41) is 21.8. The first kappa shape index (κ1) is 18.2. The number of ether oxygens (including phenoxy) is 1. The summed E-state index contributed by atoms with van der Waals surface area (Å²) in [7, 11) is 0. The number of pyridine rings is 1. The van der Waals surface area contributed by atoms with Crippen LogP contribution in [0.3, 0.4) is 0 Å². The molecule has 144 valence electrons. The van der Waals surface area contributed by atoms with E-state index in [0.717, 1.165) is 11.1 Å². The molecule has 5 heteroatoms. The maximum Gasteiger partial charge on any atom is 0.175 e. The van der Waals surface area contributed by atoms with Crippen molar-refractivity contribution in [1.82, 2.24) is 4.98 Å². The van der Waals surface area contributed by atoms with Gasteiger partial charge in [0.2, 0.25) is 0 Å². The molecule has 4 unspecified atom stereocenters. The van der Waals surface area contributed by atoms with E-state index in [2.05, 4.69) is 30.1 Å². The third kappa shape index (κ3) is 2.38. The fraction of sp³-hybridized carbons (Fsp3) is 0.250. The maximum atomic E-state index is 12.1. The van der Waals surface area contributed by atoms with Crippen molar-refractivity contribution >= 4 is 11.6 Å². The summed E-state index contributed by atoms with van der Waals surface area (Å²) in [6.07, 6.45) is 2.06. The summed E-state index contributed by atoms with van der Waals surface area (Å²) >= 11 is 6.18. The molecule has 1 aliphatic carbocycles. The van der Waals surface area contributed by atoms with Gasteiger partial charge in [-0.1, -0.05) is 61.0 Å². The number of halogens is 1. The first-order valence-corrected chi connectivity index (χ1v) is 10.0. The Hall–Kier alpha value is -2.87. The highest BCUT2D eigenvalue weighted by Crippen LogP contribution is 2.67. The minimum atomic E-state index is -1.30. The van der Waals surface area contributed by atoms with Crippen LogP contribution in [0.25, 0.3) is 0 Å². The number of nitrogens with zero attached hydrogens (tertiary/aromatic N) is 2. The fourth-order valence-corrected chi connectivity index (χ4v) is 5.44. The lowest BCUT2D eigenvalue weighted by Gasteiger charge is -2.40. The van der Waals surface area contributed by atoms with E-state index in [1.807, 2.05) is 30.3 Å². The highest BCUT2D eigenvalue weighted by atomic mass is 35.5. The van der Waals surface area contributed by atoms with Gasteiger partial charge in [-0.2, -0.15) is 5.26 Å². The summed E-state index contributed by atoms with van der Waals surface area (Å²) in [6, 6.07) is 21.3. The average Bonchev–Trinajstić information content (AvgIpc) is 3.10. The number of aromatic nitrogens is 1. The monoisotopic (exact) mass is 402 g/mol. The van der Waals surface area contributed by atoms with Crippen LogP contribution >= 0.6 is 11.6 Å². The van der Waals surface area contributed by atoms with E-state index >= 15 is 0 Å². The van der Waals surface area contributed by atoms with Crippen LogP contribution in [0, 0.1) is 17.2 Å². The quantitative estimate of drug-likeness (QED) is 0.661. The van der Waals surface area contributed by atoms with E-state index in [1.54, 1.807) is 24.4 Å². The molecule has 0 radical (unpaired) electrons. The van der Waals surface area contributed by atoms with Crippen LogP contribution < -0.4 is 4.74 Å². The normalized spacial score (nSPS) is 29.6. The molecular weight excluding hydrogens is 384 g/mol. The van der Waals surface area contributed by atoms with E-state index in [4.69, 9.17) is 16.3 Å². The molecule has 4 nitrogen and oxygen atoms in total. The summed E-state index contributed by atoms with van der Waals surface area (Å²) in [6.45, 7) is 2.14. The van der Waals surface area contributed by atoms with Crippen LogP contribution in [0.5, 0.6) is 5.75 Å². The van der Waals surface area contributed by atoms with Gasteiger partial charge in [0.25, 0.3) is 0 Å². The minimum absolute atomic E-state index is 0.102. The lowest BCUT2D eigenvalue weighted by molar-refractivity contribution is -0.107. The summed E-state index contributed by atoms with van der Waals surface area (Å²) in [5.74, 6) is 0.551. The molecule has 1 saturated carbocycles. The van der Waals surface area contributed by atoms with Gasteiger partial charge >= 0.3 is 0 Å². The van der Waals surface area contributed by atoms with Gasteiger partial charge in [-0.05, 0) is 35.6 Å². The van der Waals surface area contributed by atoms with Crippen molar-refractivity contribution in [3.05, 3.63) is 94.3 Å². The van der Waals surface area contributed by atoms with Crippen molar-refractivity contribution in [2.75, 3.05) is 0 Å². The zero-order chi connectivity index (χ0) is 20.2. The first-order valence-electron chi connectivity index (χ1n) is 9.62. The van der Waals surface area contributed by atoms with E-state index in [9.17, 15) is 10.4 Å². The minimum Gasteiger partial charge on any atom is -0.476 e. The van der Waals surface area contributed by atoms with E-state index in [0.29, 0.717) is 28.5 Å². The summed E-state index contributed by atoms with van der Waals surface area (Å²) in [4.78, 5) is 4.48. The molecule has 1 aliphatic heterocycles. The van der Waals surface area contributed by atoms with Crippen molar-refractivity contribution in [3.8, 4) is 11.8 Å². The van der Waals surface area contributed by atoms with Gasteiger partial charge in [0.1, 0.15) is 11.4 Å². The lowest BCUT2D eigenvalue weighted by Crippen LogP contribution is -2.48. The van der Waals surface area contributed by atoms with E-state index in [1.165, 1.54) is 0 Å². The average molecular weight is 403 g/mol. The zero-order valence-electron chi connectivity index (χ0n) is 15.8. The van der Waals surface area contributed by atoms with Crippen LogP contribution in [-0.2, 0) is 11.2 Å². The number of rotatable bonds is 2. The van der Waals surface area contributed by atoms with Crippen molar-refractivity contribution in [1.29, 1.82) is 5.26 Å². The van der Waals surface area contributed by atoms with Gasteiger partial charge in [-0.3, -0.25) is 4.98 Å². The third-order valence-electron chi connectivity index (χ3n) is 6.32. The van der Waals surface area contributed by atoms with Gasteiger partial charge < -0.3 is 9.84 Å². The van der Waals surface area contributed by atoms with Crippen molar-refractivity contribution in [3.63, 3.8) is 0 Å². The summed E-state index contributed by atoms with van der Waals surface area (Å²) < 4.78 is 6.62. The molecule has 3 aromatic rings. The van der Waals surface area contributed by atoms with Crippen molar-refractivity contribution in [2.45, 2.75) is 30.5 Å². The van der Waals surface area contributed by atoms with Gasteiger partial charge in [0, 0.05) is 18.2 Å². The molecule has 4 atom stereocenters. The fourth-order valence-electron chi connectivity index (χ4n) is 5.29. The molecule has 0 bridgehead atoms. The molecule has 5 rings (SSSR count). The largest absolute Gasteiger partial charge is 0.476 e. The van der Waals surface area contributed by atoms with Gasteiger partial charge in [0.15, 0.2) is 11.2 Å². The smallest absolute Gasteiger partial charge is 0.175 e. The SMILES string of the molecule is CC1CC2(O)c3ncc(Cl)cc3OC2(c2ccc(C#N)cc2)C1c1ccccc1. The molecular formula is C24H19ClN2O2. The Bertz CT molecular complexity index is 1130. The Kier molecular flexibility index (Phi) is 3.96. The number of hydrogen-bond acceptors (Lipinski definition) is 4. The Morgan fingerprint density at radius 2 is 1.90 bits per heavy atom. The molecule has 2 aromatic carbocycles. The molecule has 29 heavy (non-hydrogen) atoms. The second kappa shape index (κ2) is 6.32. The number of benzene rings is 2. The van der Waals surface area contributed by atoms with Gasteiger partial charge in [-0.15, -0.1) is 0 Å². The van der Waals surface area contributed by atoms with Crippen LogP contribution in [-0.4, -0.2) is 10.1 Å².